The van der Waals surface area contributed by atoms with E-state index in [9.17, 15) is 9.36 Å². The number of thiophene rings is 1. The van der Waals surface area contributed by atoms with Crippen molar-refractivity contribution >= 4 is 36.0 Å². The van der Waals surface area contributed by atoms with E-state index in [2.05, 4.69) is 5.32 Å². The molecule has 2 aromatic carbocycles. The Morgan fingerprint density at radius 2 is 1.97 bits per heavy atom. The summed E-state index contributed by atoms with van der Waals surface area (Å²) < 4.78 is 18.2. The number of hydrogen-bond donors (Lipinski definition) is 2. The molecule has 1 saturated carbocycles. The Morgan fingerprint density at radius 1 is 1.21 bits per heavy atom. The average Bonchev–Trinajstić information content (AvgIpc) is 3.46. The molecule has 0 saturated heterocycles. The molecule has 3 aromatic rings. The zero-order valence-corrected chi connectivity index (χ0v) is 17.8. The van der Waals surface area contributed by atoms with Crippen LogP contribution in [0.3, 0.4) is 0 Å². The van der Waals surface area contributed by atoms with Crippen molar-refractivity contribution in [3.05, 3.63) is 71.1 Å². The highest BCUT2D eigenvalue weighted by atomic mass is 32.1. The van der Waals surface area contributed by atoms with Crippen LogP contribution in [0, 0.1) is 0 Å². The number of carbonyl (C=O) groups excluding carboxylic acids is 1. The molecule has 4 rings (SSSR count). The van der Waals surface area contributed by atoms with Gasteiger partial charge in [0.25, 0.3) is 5.91 Å². The Morgan fingerprint density at radius 3 is 2.59 bits per heavy atom. The van der Waals surface area contributed by atoms with Crippen molar-refractivity contribution in [2.24, 2.45) is 0 Å². The standard InChI is InChI=1S/C22H23N2O3PS/c1-27-28(26,18-9-10-18)14-15-4-6-16(7-5-15)22(25)24-20-13-17(8-11-19(20)23)21-3-2-12-29-21/h2-8,11-13,18H,9-10,14,23H2,1H3,(H,24,25). The van der Waals surface area contributed by atoms with E-state index in [1.54, 1.807) is 29.5 Å². The summed E-state index contributed by atoms with van der Waals surface area (Å²) in [4.78, 5) is 13.8. The van der Waals surface area contributed by atoms with Crippen LogP contribution in [0.1, 0.15) is 28.8 Å². The molecule has 1 heterocycles. The maximum atomic E-state index is 12.8. The first-order chi connectivity index (χ1) is 14.0. The summed E-state index contributed by atoms with van der Waals surface area (Å²) in [7, 11) is -1.11. The van der Waals surface area contributed by atoms with E-state index in [1.807, 2.05) is 41.8 Å². The highest BCUT2D eigenvalue weighted by Crippen LogP contribution is 2.63. The van der Waals surface area contributed by atoms with Gasteiger partial charge in [-0.15, -0.1) is 11.3 Å². The van der Waals surface area contributed by atoms with Gasteiger partial charge in [0.05, 0.1) is 17.5 Å². The van der Waals surface area contributed by atoms with Crippen molar-refractivity contribution in [1.29, 1.82) is 0 Å². The third-order valence-electron chi connectivity index (χ3n) is 5.14. The van der Waals surface area contributed by atoms with Gasteiger partial charge in [0.2, 0.25) is 7.37 Å². The lowest BCUT2D eigenvalue weighted by Gasteiger charge is -2.15. The predicted octanol–water partition coefficient (Wildman–Crippen LogP) is 5.84. The lowest BCUT2D eigenvalue weighted by Crippen LogP contribution is -2.13. The summed E-state index contributed by atoms with van der Waals surface area (Å²) in [5.41, 5.74) is 9.79. The van der Waals surface area contributed by atoms with Crippen LogP contribution in [0.4, 0.5) is 11.4 Å². The van der Waals surface area contributed by atoms with Crippen LogP contribution in [0.25, 0.3) is 10.4 Å². The summed E-state index contributed by atoms with van der Waals surface area (Å²) in [6.45, 7) is 0. The maximum absolute atomic E-state index is 12.8. The molecular weight excluding hydrogens is 403 g/mol. The highest BCUT2D eigenvalue weighted by Gasteiger charge is 2.41. The van der Waals surface area contributed by atoms with Crippen LogP contribution in [0.15, 0.2) is 60.0 Å². The van der Waals surface area contributed by atoms with Gasteiger partial charge < -0.3 is 15.6 Å². The van der Waals surface area contributed by atoms with Crippen LogP contribution in [-0.4, -0.2) is 18.7 Å². The summed E-state index contributed by atoms with van der Waals surface area (Å²) in [6.07, 6.45) is 2.35. The van der Waals surface area contributed by atoms with Gasteiger partial charge in [-0.05, 0) is 59.7 Å². The van der Waals surface area contributed by atoms with Gasteiger partial charge in [-0.25, -0.2) is 0 Å². The fraction of sp³-hybridized carbons (Fsp3) is 0.227. The van der Waals surface area contributed by atoms with Crippen molar-refractivity contribution < 1.29 is 13.9 Å². The van der Waals surface area contributed by atoms with E-state index in [0.29, 0.717) is 23.1 Å². The molecule has 1 aliphatic carbocycles. The Labute approximate surface area is 174 Å². The average molecular weight is 426 g/mol. The van der Waals surface area contributed by atoms with Gasteiger partial charge in [0, 0.05) is 23.2 Å². The van der Waals surface area contributed by atoms with E-state index >= 15 is 0 Å². The molecule has 1 amide bonds. The summed E-state index contributed by atoms with van der Waals surface area (Å²) in [6, 6.07) is 16.8. The fourth-order valence-corrected chi connectivity index (χ4v) is 6.35. The molecule has 1 atom stereocenters. The Balaban J connectivity index is 1.48. The molecular formula is C22H23N2O3PS. The molecule has 7 heteroatoms. The van der Waals surface area contributed by atoms with Crippen molar-refractivity contribution in [1.82, 2.24) is 0 Å². The second-order valence-corrected chi connectivity index (χ2v) is 11.0. The zero-order valence-electron chi connectivity index (χ0n) is 16.1. The van der Waals surface area contributed by atoms with Gasteiger partial charge in [0.1, 0.15) is 0 Å². The number of benzene rings is 2. The third-order valence-corrected chi connectivity index (χ3v) is 9.11. The quantitative estimate of drug-likeness (QED) is 0.367. The number of carbonyl (C=O) groups is 1. The molecule has 5 nitrogen and oxygen atoms in total. The summed E-state index contributed by atoms with van der Waals surface area (Å²) >= 11 is 1.63. The van der Waals surface area contributed by atoms with E-state index in [0.717, 1.165) is 28.8 Å². The molecule has 1 aromatic heterocycles. The molecule has 1 fully saturated rings. The molecule has 0 spiro atoms. The number of amides is 1. The smallest absolute Gasteiger partial charge is 0.255 e. The minimum Gasteiger partial charge on any atom is -0.397 e. The monoisotopic (exact) mass is 426 g/mol. The number of hydrogen-bond acceptors (Lipinski definition) is 5. The Hall–Kier alpha value is -2.40. The number of anilines is 2. The molecule has 0 radical (unpaired) electrons. The number of nitrogens with two attached hydrogens (primary N) is 1. The van der Waals surface area contributed by atoms with Crippen LogP contribution < -0.4 is 11.1 Å². The molecule has 29 heavy (non-hydrogen) atoms. The molecule has 1 unspecified atom stereocenters. The maximum Gasteiger partial charge on any atom is 0.255 e. The lowest BCUT2D eigenvalue weighted by atomic mass is 10.1. The SMILES string of the molecule is COP(=O)(Cc1ccc(C(=O)Nc2cc(-c3cccs3)ccc2N)cc1)C1CC1. The Kier molecular flexibility index (Phi) is 5.59. The van der Waals surface area contributed by atoms with Crippen LogP contribution >= 0.6 is 18.7 Å². The Bertz CT molecular complexity index is 1060. The molecule has 1 aliphatic rings. The van der Waals surface area contributed by atoms with Gasteiger partial charge >= 0.3 is 0 Å². The number of nitrogens with one attached hydrogen (secondary N) is 1. The van der Waals surface area contributed by atoms with Gasteiger partial charge in [0.15, 0.2) is 0 Å². The highest BCUT2D eigenvalue weighted by molar-refractivity contribution is 7.59. The van der Waals surface area contributed by atoms with E-state index < -0.39 is 7.37 Å². The predicted molar refractivity (Wildman–Crippen MR) is 120 cm³/mol. The summed E-state index contributed by atoms with van der Waals surface area (Å²) in [5.74, 6) is -0.233. The normalized spacial score (nSPS) is 15.6. The van der Waals surface area contributed by atoms with Crippen molar-refractivity contribution in [2.75, 3.05) is 18.2 Å². The van der Waals surface area contributed by atoms with Crippen LogP contribution in [0.2, 0.25) is 0 Å². The van der Waals surface area contributed by atoms with E-state index in [-0.39, 0.29) is 11.6 Å². The van der Waals surface area contributed by atoms with E-state index in [1.165, 1.54) is 7.11 Å². The fourth-order valence-electron chi connectivity index (χ4n) is 3.28. The molecule has 0 aliphatic heterocycles. The second kappa shape index (κ2) is 8.15. The molecule has 3 N–H and O–H groups in total. The number of nitrogen functional groups attached to an aromatic ring is 1. The largest absolute Gasteiger partial charge is 0.397 e. The number of rotatable bonds is 7. The molecule has 150 valence electrons. The van der Waals surface area contributed by atoms with Gasteiger partial charge in [-0.1, -0.05) is 24.3 Å². The first-order valence-corrected chi connectivity index (χ1v) is 12.2. The van der Waals surface area contributed by atoms with Gasteiger partial charge in [-0.2, -0.15) is 0 Å². The van der Waals surface area contributed by atoms with Crippen molar-refractivity contribution in [3.63, 3.8) is 0 Å². The minimum atomic E-state index is -2.63. The first-order valence-electron chi connectivity index (χ1n) is 9.47. The van der Waals surface area contributed by atoms with Crippen molar-refractivity contribution in [3.8, 4) is 10.4 Å². The van der Waals surface area contributed by atoms with E-state index in [4.69, 9.17) is 10.3 Å². The lowest BCUT2D eigenvalue weighted by molar-refractivity contribution is 0.102. The van der Waals surface area contributed by atoms with Crippen LogP contribution in [-0.2, 0) is 15.3 Å². The second-order valence-electron chi connectivity index (χ2n) is 7.23. The minimum absolute atomic E-state index is 0.189. The van der Waals surface area contributed by atoms with Crippen LogP contribution in [0.5, 0.6) is 0 Å². The molecule has 0 bridgehead atoms. The summed E-state index contributed by atoms with van der Waals surface area (Å²) in [5, 5.41) is 4.91. The topological polar surface area (TPSA) is 81.4 Å². The van der Waals surface area contributed by atoms with Crippen molar-refractivity contribution in [2.45, 2.75) is 24.7 Å². The van der Waals surface area contributed by atoms with Gasteiger partial charge in [-0.3, -0.25) is 9.36 Å². The first kappa shape index (κ1) is 19.9. The zero-order chi connectivity index (χ0) is 20.4. The third kappa shape index (κ3) is 4.45.